The smallest absolute Gasteiger partial charge is 0.337 e. The first-order chi connectivity index (χ1) is 16.7. The van der Waals surface area contributed by atoms with Crippen molar-refractivity contribution in [1.29, 1.82) is 0 Å². The van der Waals surface area contributed by atoms with E-state index in [0.717, 1.165) is 17.0 Å². The van der Waals surface area contributed by atoms with Crippen LogP contribution < -0.4 is 37.6 Å². The van der Waals surface area contributed by atoms with E-state index in [-0.39, 0.29) is 29.6 Å². The van der Waals surface area contributed by atoms with Crippen molar-refractivity contribution in [1.82, 2.24) is 0 Å². The monoisotopic (exact) mass is 552 g/mol. The third-order valence-corrected chi connectivity index (χ3v) is 10.2. The van der Waals surface area contributed by atoms with Crippen molar-refractivity contribution in [3.63, 3.8) is 0 Å². The van der Waals surface area contributed by atoms with E-state index in [4.69, 9.17) is 9.47 Å². The van der Waals surface area contributed by atoms with Crippen molar-refractivity contribution >= 4 is 29.1 Å². The number of alkyl halides is 1. The second-order valence-electron chi connectivity index (χ2n) is 7.86. The lowest BCUT2D eigenvalue weighted by atomic mass is 10.1. The highest BCUT2D eigenvalue weighted by molar-refractivity contribution is 7.95. The van der Waals surface area contributed by atoms with Gasteiger partial charge in [0.2, 0.25) is 0 Å². The number of carbonyl (C=O) groups excluding carboxylic acids is 1. The fourth-order valence-electron chi connectivity index (χ4n) is 4.19. The van der Waals surface area contributed by atoms with Gasteiger partial charge in [-0.25, -0.2) is 9.18 Å². The van der Waals surface area contributed by atoms with Gasteiger partial charge in [-0.3, -0.25) is 0 Å². The lowest BCUT2D eigenvalue weighted by Gasteiger charge is -2.28. The molecule has 0 bridgehead atoms. The molecule has 0 saturated heterocycles. The van der Waals surface area contributed by atoms with Crippen LogP contribution in [-0.2, 0) is 10.9 Å². The molecule has 4 aromatic rings. The Morgan fingerprint density at radius 3 is 1.89 bits per heavy atom. The summed E-state index contributed by atoms with van der Waals surface area (Å²) in [6.07, 6.45) is 0.759. The first-order valence-corrected chi connectivity index (χ1v) is 13.1. The van der Waals surface area contributed by atoms with Crippen LogP contribution in [0, 0.1) is 0 Å². The average Bonchev–Trinajstić information content (AvgIpc) is 2.91. The summed E-state index contributed by atoms with van der Waals surface area (Å²) in [4.78, 5) is 11.9. The van der Waals surface area contributed by atoms with Crippen LogP contribution in [0.3, 0.4) is 0 Å². The molecule has 180 valence electrons. The molecule has 0 atom stereocenters. The highest BCUT2D eigenvalue weighted by Gasteiger charge is 2.45. The van der Waals surface area contributed by atoms with Gasteiger partial charge >= 0.3 is 5.97 Å². The van der Waals surface area contributed by atoms with E-state index in [2.05, 4.69) is 54.6 Å². The number of ether oxygens (including phenoxy) is 2. The maximum atomic E-state index is 12.8. The van der Waals surface area contributed by atoms with Gasteiger partial charge in [-0.15, -0.1) is 0 Å². The summed E-state index contributed by atoms with van der Waals surface area (Å²) in [6.45, 7) is -0.505. The van der Waals surface area contributed by atoms with E-state index in [1.807, 2.05) is 54.6 Å². The first kappa shape index (κ1) is 26.6. The number of halogens is 2. The molecule has 0 spiro atoms. The van der Waals surface area contributed by atoms with Crippen molar-refractivity contribution in [2.24, 2.45) is 0 Å². The van der Waals surface area contributed by atoms with E-state index in [9.17, 15) is 9.18 Å². The van der Waals surface area contributed by atoms with Crippen molar-refractivity contribution in [3.8, 4) is 5.75 Å². The first-order valence-electron chi connectivity index (χ1n) is 11.1. The van der Waals surface area contributed by atoms with Crippen LogP contribution in [0.2, 0.25) is 0 Å². The molecule has 35 heavy (non-hydrogen) atoms. The van der Waals surface area contributed by atoms with Crippen LogP contribution in [-0.4, -0.2) is 26.4 Å². The van der Waals surface area contributed by atoms with E-state index < -0.39 is 13.9 Å². The van der Waals surface area contributed by atoms with Gasteiger partial charge in [0.15, 0.2) is 0 Å². The molecule has 3 nitrogen and oxygen atoms in total. The molecule has 0 aliphatic rings. The number of carbonyl (C=O) groups is 1. The molecule has 0 radical (unpaired) electrons. The molecule has 4 rings (SSSR count). The predicted octanol–water partition coefficient (Wildman–Crippen LogP) is 2.32. The summed E-state index contributed by atoms with van der Waals surface area (Å²) >= 11 is 0. The zero-order valence-corrected chi connectivity index (χ0v) is 21.9. The minimum Gasteiger partial charge on any atom is -1.00 e. The zero-order valence-electron chi connectivity index (χ0n) is 19.4. The Hall–Kier alpha value is -3.01. The van der Waals surface area contributed by atoms with Crippen LogP contribution in [0.1, 0.15) is 15.9 Å². The summed E-state index contributed by atoms with van der Waals surface area (Å²) in [5.41, 5.74) is 1.64. The van der Waals surface area contributed by atoms with E-state index >= 15 is 0 Å². The molecular formula is C29H27BrFO3P. The molecule has 0 heterocycles. The zero-order chi connectivity index (χ0) is 23.8. The largest absolute Gasteiger partial charge is 1.00 e. The average molecular weight is 553 g/mol. The Labute approximate surface area is 217 Å². The molecular weight excluding hydrogens is 526 g/mol. The van der Waals surface area contributed by atoms with Crippen molar-refractivity contribution in [3.05, 3.63) is 120 Å². The van der Waals surface area contributed by atoms with Crippen LogP contribution >= 0.6 is 7.26 Å². The van der Waals surface area contributed by atoms with Gasteiger partial charge in [0.25, 0.3) is 0 Å². The molecule has 0 N–H and O–H groups in total. The van der Waals surface area contributed by atoms with E-state index in [1.54, 1.807) is 0 Å². The molecule has 0 saturated carbocycles. The summed E-state index contributed by atoms with van der Waals surface area (Å²) in [5, 5.41) is 3.63. The fraction of sp³-hybridized carbons (Fsp3) is 0.138. The normalized spacial score (nSPS) is 10.8. The van der Waals surface area contributed by atoms with E-state index in [1.165, 1.54) is 17.7 Å². The third kappa shape index (κ3) is 5.98. The Morgan fingerprint density at radius 1 is 0.771 bits per heavy atom. The molecule has 0 aliphatic heterocycles. The summed E-state index contributed by atoms with van der Waals surface area (Å²) in [5.74, 6) is 0.309. The van der Waals surface area contributed by atoms with Gasteiger partial charge in [0, 0.05) is 6.07 Å². The SMILES string of the molecule is COC(=O)c1ccc(C[P+](c2ccccc2)(c2ccccc2)c2cccc(OCCF)c2)cc1.[Br-]. The Bertz CT molecular complexity index is 1180. The summed E-state index contributed by atoms with van der Waals surface area (Å²) in [6, 6.07) is 36.7. The van der Waals surface area contributed by atoms with Crippen molar-refractivity contribution in [2.45, 2.75) is 6.16 Å². The Balaban J connectivity index is 0.00000342. The minimum absolute atomic E-state index is 0. The van der Waals surface area contributed by atoms with Gasteiger partial charge in [-0.1, -0.05) is 54.6 Å². The maximum absolute atomic E-state index is 12.8. The predicted molar refractivity (Wildman–Crippen MR) is 138 cm³/mol. The Kier molecular flexibility index (Phi) is 9.59. The molecule has 0 unspecified atom stereocenters. The van der Waals surface area contributed by atoms with Gasteiger partial charge in [-0.2, -0.15) is 0 Å². The van der Waals surface area contributed by atoms with Gasteiger partial charge in [0.05, 0.1) is 18.8 Å². The van der Waals surface area contributed by atoms with Gasteiger partial charge in [0.1, 0.15) is 42.2 Å². The number of benzene rings is 4. The number of rotatable bonds is 9. The number of hydrogen-bond donors (Lipinski definition) is 0. The lowest BCUT2D eigenvalue weighted by Crippen LogP contribution is -3.00. The second-order valence-corrected chi connectivity index (χ2v) is 11.3. The number of methoxy groups -OCH3 is 1. The van der Waals surface area contributed by atoms with Gasteiger partial charge in [-0.05, 0) is 54.1 Å². The van der Waals surface area contributed by atoms with Gasteiger partial charge < -0.3 is 26.5 Å². The third-order valence-electron chi connectivity index (χ3n) is 5.79. The van der Waals surface area contributed by atoms with Crippen molar-refractivity contribution < 1.29 is 35.6 Å². The number of hydrogen-bond acceptors (Lipinski definition) is 3. The quantitative estimate of drug-likeness (QED) is 0.236. The Morgan fingerprint density at radius 2 is 1.34 bits per heavy atom. The fourth-order valence-corrected chi connectivity index (χ4v) is 8.44. The molecule has 0 aliphatic carbocycles. The number of esters is 1. The van der Waals surface area contributed by atoms with Crippen LogP contribution in [0.25, 0.3) is 0 Å². The van der Waals surface area contributed by atoms with Crippen LogP contribution in [0.5, 0.6) is 5.75 Å². The summed E-state index contributed by atoms with van der Waals surface area (Å²) in [7, 11) is -0.785. The highest BCUT2D eigenvalue weighted by atomic mass is 79.9. The van der Waals surface area contributed by atoms with Crippen LogP contribution in [0.4, 0.5) is 4.39 Å². The molecule has 0 aromatic heterocycles. The summed E-state index contributed by atoms with van der Waals surface area (Å²) < 4.78 is 23.3. The molecule has 0 fully saturated rings. The van der Waals surface area contributed by atoms with E-state index in [0.29, 0.717) is 11.3 Å². The minimum atomic E-state index is -2.17. The molecule has 0 amide bonds. The standard InChI is InChI=1S/C29H27FO3P.BrH/c1-32-29(31)24-17-15-23(16-18-24)22-34(26-10-4-2-5-11-26,27-12-6-3-7-13-27)28-14-8-9-25(21-28)33-20-19-30;/h2-18,21H,19-20,22H2,1H3;1H/q+1;/p-1. The highest BCUT2D eigenvalue weighted by Crippen LogP contribution is 2.58. The maximum Gasteiger partial charge on any atom is 0.337 e. The van der Waals surface area contributed by atoms with Crippen molar-refractivity contribution in [2.75, 3.05) is 20.4 Å². The lowest BCUT2D eigenvalue weighted by molar-refractivity contribution is -0.0000220. The topological polar surface area (TPSA) is 35.5 Å². The molecule has 4 aromatic carbocycles. The van der Waals surface area contributed by atoms with Crippen LogP contribution in [0.15, 0.2) is 109 Å². The second kappa shape index (κ2) is 12.6. The molecule has 6 heteroatoms.